The molecule has 2 aliphatic carbocycles. The number of aromatic nitrogens is 3. The molecule has 2 aromatic heterocycles. The molecule has 1 atom stereocenters. The Hall–Kier alpha value is -3.26. The summed E-state index contributed by atoms with van der Waals surface area (Å²) in [6, 6.07) is 5.40. The molecule has 1 aromatic carbocycles. The van der Waals surface area contributed by atoms with Crippen LogP contribution in [0.2, 0.25) is 0 Å². The molecular weight excluding hydrogens is 407 g/mol. The van der Waals surface area contributed by atoms with Crippen molar-refractivity contribution in [2.75, 3.05) is 30.4 Å². The third-order valence-electron chi connectivity index (χ3n) is 7.00. The minimum absolute atomic E-state index is 0.111. The predicted molar refractivity (Wildman–Crippen MR) is 121 cm³/mol. The van der Waals surface area contributed by atoms with E-state index in [0.717, 1.165) is 65.4 Å². The van der Waals surface area contributed by atoms with Gasteiger partial charge >= 0.3 is 6.01 Å². The van der Waals surface area contributed by atoms with Crippen molar-refractivity contribution >= 4 is 11.5 Å². The van der Waals surface area contributed by atoms with E-state index < -0.39 is 0 Å². The van der Waals surface area contributed by atoms with Crippen LogP contribution in [0.25, 0.3) is 11.1 Å². The van der Waals surface area contributed by atoms with E-state index in [0.29, 0.717) is 12.2 Å². The fourth-order valence-electron chi connectivity index (χ4n) is 5.12. The molecule has 1 aliphatic heterocycles. The van der Waals surface area contributed by atoms with Crippen molar-refractivity contribution in [1.29, 1.82) is 0 Å². The van der Waals surface area contributed by atoms with Gasteiger partial charge in [-0.15, -0.1) is 0 Å². The standard InChI is InChI=1S/C24H25FN6O/c1-13-5-15(10-28-9-13)32-23-29-19-8-16-17(6-14(25)7-18(16)27-2)21(19)22(30-23)31-11-20(26)24(12-31)3-4-24/h5-7,9-10,20,27H,3-4,8,11-12,26H2,1-2H3/t20-/m0/s1. The Morgan fingerprint density at radius 2 is 2.06 bits per heavy atom. The maximum absolute atomic E-state index is 14.5. The first kappa shape index (κ1) is 19.4. The van der Waals surface area contributed by atoms with Crippen molar-refractivity contribution < 1.29 is 9.13 Å². The van der Waals surface area contributed by atoms with Crippen molar-refractivity contribution in [2.24, 2.45) is 11.1 Å². The Balaban J connectivity index is 1.48. The van der Waals surface area contributed by atoms with Crippen LogP contribution in [0, 0.1) is 18.2 Å². The number of nitrogens with zero attached hydrogens (tertiary/aromatic N) is 4. The van der Waals surface area contributed by atoms with Crippen molar-refractivity contribution in [2.45, 2.75) is 32.2 Å². The minimum atomic E-state index is -0.283. The lowest BCUT2D eigenvalue weighted by Gasteiger charge is -2.21. The number of rotatable bonds is 4. The summed E-state index contributed by atoms with van der Waals surface area (Å²) in [6.45, 7) is 3.53. The zero-order chi connectivity index (χ0) is 22.0. The molecule has 0 radical (unpaired) electrons. The van der Waals surface area contributed by atoms with Gasteiger partial charge in [-0.2, -0.15) is 9.97 Å². The molecule has 3 N–H and O–H groups in total. The van der Waals surface area contributed by atoms with Crippen LogP contribution < -0.4 is 20.7 Å². The number of nitrogens with one attached hydrogen (secondary N) is 1. The second-order valence-corrected chi connectivity index (χ2v) is 9.21. The number of ether oxygens (including phenoxy) is 1. The molecule has 0 unspecified atom stereocenters. The Morgan fingerprint density at radius 1 is 1.22 bits per heavy atom. The number of hydrogen-bond acceptors (Lipinski definition) is 7. The van der Waals surface area contributed by atoms with E-state index in [2.05, 4.69) is 15.2 Å². The SMILES string of the molecule is CNc1cc(F)cc2c1Cc1nc(Oc3cncc(C)c3)nc(N3C[C@H](N)C4(CC4)C3)c1-2. The lowest BCUT2D eigenvalue weighted by molar-refractivity contribution is 0.438. The zero-order valence-electron chi connectivity index (χ0n) is 18.2. The first-order valence-electron chi connectivity index (χ1n) is 11.0. The predicted octanol–water partition coefficient (Wildman–Crippen LogP) is 3.65. The molecule has 6 rings (SSSR count). The highest BCUT2D eigenvalue weighted by Gasteiger charge is 2.54. The normalized spacial score (nSPS) is 19.8. The van der Waals surface area contributed by atoms with Crippen molar-refractivity contribution in [3.8, 4) is 22.9 Å². The fourth-order valence-corrected chi connectivity index (χ4v) is 5.12. The van der Waals surface area contributed by atoms with Crippen LogP contribution >= 0.6 is 0 Å². The molecule has 3 heterocycles. The fraction of sp³-hybridized carbons (Fsp3) is 0.375. The molecule has 3 aromatic rings. The maximum Gasteiger partial charge on any atom is 0.324 e. The Kier molecular flexibility index (Phi) is 4.17. The maximum atomic E-state index is 14.5. The summed E-state index contributed by atoms with van der Waals surface area (Å²) < 4.78 is 20.5. The van der Waals surface area contributed by atoms with Crippen LogP contribution in [0.1, 0.15) is 29.7 Å². The van der Waals surface area contributed by atoms with Gasteiger partial charge in [-0.05, 0) is 54.7 Å². The molecule has 1 saturated heterocycles. The number of halogens is 1. The summed E-state index contributed by atoms with van der Waals surface area (Å²) >= 11 is 0. The minimum Gasteiger partial charge on any atom is -0.423 e. The summed E-state index contributed by atoms with van der Waals surface area (Å²) in [5, 5.41) is 3.12. The van der Waals surface area contributed by atoms with Gasteiger partial charge in [0.25, 0.3) is 0 Å². The van der Waals surface area contributed by atoms with Gasteiger partial charge in [0.15, 0.2) is 0 Å². The van der Waals surface area contributed by atoms with Crippen LogP contribution in [0.3, 0.4) is 0 Å². The van der Waals surface area contributed by atoms with Crippen molar-refractivity contribution in [3.63, 3.8) is 0 Å². The average molecular weight is 433 g/mol. The average Bonchev–Trinajstić information content (AvgIpc) is 3.35. The molecule has 0 bridgehead atoms. The summed E-state index contributed by atoms with van der Waals surface area (Å²) in [7, 11) is 1.81. The molecule has 1 saturated carbocycles. The highest BCUT2D eigenvalue weighted by molar-refractivity contribution is 5.88. The van der Waals surface area contributed by atoms with E-state index in [4.69, 9.17) is 20.4 Å². The number of nitrogens with two attached hydrogens (primary N) is 1. The molecule has 3 aliphatic rings. The smallest absolute Gasteiger partial charge is 0.324 e. The Labute approximate surface area is 185 Å². The molecular formula is C24H25FN6O. The first-order chi connectivity index (χ1) is 15.5. The second-order valence-electron chi connectivity index (χ2n) is 9.21. The van der Waals surface area contributed by atoms with Crippen LogP contribution in [0.15, 0.2) is 30.6 Å². The largest absolute Gasteiger partial charge is 0.423 e. The third-order valence-corrected chi connectivity index (χ3v) is 7.00. The number of fused-ring (bicyclic) bond motifs is 3. The van der Waals surface area contributed by atoms with E-state index in [1.54, 1.807) is 25.5 Å². The quantitative estimate of drug-likeness (QED) is 0.509. The Bertz CT molecular complexity index is 1240. The lowest BCUT2D eigenvalue weighted by atomic mass is 10.0. The number of aryl methyl sites for hydroxylation is 1. The van der Waals surface area contributed by atoms with Gasteiger partial charge in [-0.1, -0.05) is 0 Å². The molecule has 164 valence electrons. The van der Waals surface area contributed by atoms with Gasteiger partial charge in [0.1, 0.15) is 17.4 Å². The summed E-state index contributed by atoms with van der Waals surface area (Å²) in [5.41, 5.74) is 12.0. The number of anilines is 2. The van der Waals surface area contributed by atoms with Crippen molar-refractivity contribution in [1.82, 2.24) is 15.0 Å². The topological polar surface area (TPSA) is 89.2 Å². The van der Waals surface area contributed by atoms with E-state index in [-0.39, 0.29) is 23.3 Å². The van der Waals surface area contributed by atoms with E-state index in [1.165, 1.54) is 6.07 Å². The second kappa shape index (κ2) is 6.87. The van der Waals surface area contributed by atoms with Crippen LogP contribution in [-0.4, -0.2) is 41.1 Å². The van der Waals surface area contributed by atoms with Gasteiger partial charge in [0, 0.05) is 55.5 Å². The van der Waals surface area contributed by atoms with Gasteiger partial charge in [0.2, 0.25) is 0 Å². The monoisotopic (exact) mass is 432 g/mol. The zero-order valence-corrected chi connectivity index (χ0v) is 18.2. The summed E-state index contributed by atoms with van der Waals surface area (Å²) in [4.78, 5) is 16.0. The van der Waals surface area contributed by atoms with E-state index in [9.17, 15) is 4.39 Å². The number of pyridine rings is 1. The molecule has 2 fully saturated rings. The van der Waals surface area contributed by atoms with Gasteiger partial charge in [-0.3, -0.25) is 4.98 Å². The molecule has 7 nitrogen and oxygen atoms in total. The molecule has 1 spiro atoms. The summed E-state index contributed by atoms with van der Waals surface area (Å²) in [5.74, 6) is 1.08. The third kappa shape index (κ3) is 3.01. The van der Waals surface area contributed by atoms with E-state index >= 15 is 0 Å². The van der Waals surface area contributed by atoms with Crippen LogP contribution in [0.4, 0.5) is 15.9 Å². The highest BCUT2D eigenvalue weighted by atomic mass is 19.1. The first-order valence-corrected chi connectivity index (χ1v) is 11.0. The van der Waals surface area contributed by atoms with Crippen LogP contribution in [-0.2, 0) is 6.42 Å². The van der Waals surface area contributed by atoms with Crippen LogP contribution in [0.5, 0.6) is 11.8 Å². The lowest BCUT2D eigenvalue weighted by Crippen LogP contribution is -2.30. The summed E-state index contributed by atoms with van der Waals surface area (Å²) in [6.07, 6.45) is 6.30. The van der Waals surface area contributed by atoms with Crippen molar-refractivity contribution in [3.05, 3.63) is 53.2 Å². The van der Waals surface area contributed by atoms with E-state index in [1.807, 2.05) is 13.0 Å². The highest BCUT2D eigenvalue weighted by Crippen LogP contribution is 2.54. The number of benzene rings is 1. The molecule has 32 heavy (non-hydrogen) atoms. The Morgan fingerprint density at radius 3 is 2.78 bits per heavy atom. The van der Waals surface area contributed by atoms with Gasteiger partial charge < -0.3 is 20.7 Å². The van der Waals surface area contributed by atoms with Gasteiger partial charge in [0.05, 0.1) is 11.9 Å². The molecule has 0 amide bonds. The number of hydrogen-bond donors (Lipinski definition) is 2. The van der Waals surface area contributed by atoms with Gasteiger partial charge in [-0.25, -0.2) is 4.39 Å². The molecule has 8 heteroatoms.